The van der Waals surface area contributed by atoms with Gasteiger partial charge in [-0.25, -0.2) is 0 Å². The number of nitrogens with zero attached hydrogens (tertiary/aromatic N) is 1. The molecule has 0 spiro atoms. The Morgan fingerprint density at radius 3 is 2.47 bits per heavy atom. The highest BCUT2D eigenvalue weighted by Crippen LogP contribution is 2.00. The Labute approximate surface area is 126 Å². The number of rotatable bonds is 5. The molecule has 1 N–H and O–H groups in total. The second-order valence-electron chi connectivity index (χ2n) is 3.81. The van der Waals surface area contributed by atoms with Crippen LogP contribution in [0, 0.1) is 0 Å². The summed E-state index contributed by atoms with van der Waals surface area (Å²) < 4.78 is 0. The third-order valence-electron chi connectivity index (χ3n) is 2.42. The van der Waals surface area contributed by atoms with Crippen LogP contribution in [-0.2, 0) is 6.54 Å². The number of hydrogen-bond donors (Lipinski definition) is 1. The molecular formula is C15H18Cl2N2. The lowest BCUT2D eigenvalue weighted by Crippen LogP contribution is -2.12. The Balaban J connectivity index is 0.00000162. The molecular weight excluding hydrogens is 279 g/mol. The number of halogens is 2. The monoisotopic (exact) mass is 296 g/mol. The van der Waals surface area contributed by atoms with Crippen LogP contribution in [-0.4, -0.2) is 11.5 Å². The Kier molecular flexibility index (Phi) is 9.81. The van der Waals surface area contributed by atoms with Crippen LogP contribution in [0.4, 0.5) is 0 Å². The fourth-order valence-electron chi connectivity index (χ4n) is 1.56. The molecule has 0 bridgehead atoms. The Morgan fingerprint density at radius 1 is 1.00 bits per heavy atom. The molecule has 0 radical (unpaired) electrons. The van der Waals surface area contributed by atoms with Crippen molar-refractivity contribution < 1.29 is 0 Å². The molecule has 1 heterocycles. The zero-order valence-electron chi connectivity index (χ0n) is 10.5. The molecule has 0 unspecified atom stereocenters. The third-order valence-corrected chi connectivity index (χ3v) is 2.42. The Hall–Kier alpha value is -1.35. The molecule has 0 aliphatic rings. The Morgan fingerprint density at radius 2 is 1.79 bits per heavy atom. The standard InChI is InChI=1S/C15H16N2.2ClH/c1-2-6-14(7-3-1)8-4-10-16-12-15-9-5-11-17-13-15;;/h1-9,11,13,16H,10,12H2;2*1H/b8-4+;;. The van der Waals surface area contributed by atoms with Crippen LogP contribution in [0.15, 0.2) is 60.9 Å². The van der Waals surface area contributed by atoms with Crippen LogP contribution in [0.3, 0.4) is 0 Å². The summed E-state index contributed by atoms with van der Waals surface area (Å²) in [6, 6.07) is 14.3. The Bertz CT molecular complexity index is 458. The predicted molar refractivity (Wildman–Crippen MR) is 85.9 cm³/mol. The molecule has 0 atom stereocenters. The van der Waals surface area contributed by atoms with Gasteiger partial charge in [0, 0.05) is 25.5 Å². The lowest BCUT2D eigenvalue weighted by Gasteiger charge is -2.00. The first kappa shape index (κ1) is 17.6. The minimum absolute atomic E-state index is 0. The molecule has 0 fully saturated rings. The van der Waals surface area contributed by atoms with Gasteiger partial charge in [0.1, 0.15) is 0 Å². The molecule has 2 rings (SSSR count). The average Bonchev–Trinajstić information content (AvgIpc) is 2.41. The van der Waals surface area contributed by atoms with E-state index in [2.05, 4.69) is 40.7 Å². The third kappa shape index (κ3) is 6.97. The summed E-state index contributed by atoms with van der Waals surface area (Å²) in [4.78, 5) is 4.07. The molecule has 0 saturated heterocycles. The highest BCUT2D eigenvalue weighted by atomic mass is 35.5. The van der Waals surface area contributed by atoms with Crippen molar-refractivity contribution in [2.75, 3.05) is 6.54 Å². The molecule has 0 amide bonds. The van der Waals surface area contributed by atoms with E-state index < -0.39 is 0 Å². The molecule has 19 heavy (non-hydrogen) atoms. The molecule has 1 aromatic carbocycles. The second kappa shape index (κ2) is 10.6. The topological polar surface area (TPSA) is 24.9 Å². The minimum Gasteiger partial charge on any atom is -0.309 e. The van der Waals surface area contributed by atoms with E-state index in [9.17, 15) is 0 Å². The van der Waals surface area contributed by atoms with Gasteiger partial charge in [0.15, 0.2) is 0 Å². The van der Waals surface area contributed by atoms with Gasteiger partial charge in [0.2, 0.25) is 0 Å². The van der Waals surface area contributed by atoms with Crippen LogP contribution < -0.4 is 5.32 Å². The first-order chi connectivity index (χ1) is 8.45. The summed E-state index contributed by atoms with van der Waals surface area (Å²) in [5, 5.41) is 3.35. The molecule has 0 aliphatic heterocycles. The van der Waals surface area contributed by atoms with Gasteiger partial charge in [-0.2, -0.15) is 0 Å². The summed E-state index contributed by atoms with van der Waals surface area (Å²) in [5.41, 5.74) is 2.44. The van der Waals surface area contributed by atoms with Gasteiger partial charge >= 0.3 is 0 Å². The number of aromatic nitrogens is 1. The molecule has 2 nitrogen and oxygen atoms in total. The van der Waals surface area contributed by atoms with Crippen molar-refractivity contribution in [3.63, 3.8) is 0 Å². The summed E-state index contributed by atoms with van der Waals surface area (Å²) in [7, 11) is 0. The predicted octanol–water partition coefficient (Wildman–Crippen LogP) is 3.73. The molecule has 1 aromatic heterocycles. The van der Waals surface area contributed by atoms with Crippen molar-refractivity contribution in [3.05, 3.63) is 72.1 Å². The molecule has 2 aromatic rings. The normalized spacial score (nSPS) is 9.68. The number of benzene rings is 1. The maximum absolute atomic E-state index is 4.07. The second-order valence-corrected chi connectivity index (χ2v) is 3.81. The zero-order chi connectivity index (χ0) is 11.8. The zero-order valence-corrected chi connectivity index (χ0v) is 12.2. The van der Waals surface area contributed by atoms with Crippen molar-refractivity contribution in [2.45, 2.75) is 6.54 Å². The summed E-state index contributed by atoms with van der Waals surface area (Å²) in [6.45, 7) is 1.72. The van der Waals surface area contributed by atoms with E-state index in [4.69, 9.17) is 0 Å². The van der Waals surface area contributed by atoms with E-state index in [-0.39, 0.29) is 24.8 Å². The van der Waals surface area contributed by atoms with E-state index in [1.165, 1.54) is 11.1 Å². The lowest BCUT2D eigenvalue weighted by molar-refractivity contribution is 0.758. The quantitative estimate of drug-likeness (QED) is 0.851. The maximum atomic E-state index is 4.07. The van der Waals surface area contributed by atoms with Gasteiger partial charge in [-0.1, -0.05) is 48.6 Å². The van der Waals surface area contributed by atoms with Crippen molar-refractivity contribution in [1.82, 2.24) is 10.3 Å². The van der Waals surface area contributed by atoms with E-state index in [0.29, 0.717) is 0 Å². The van der Waals surface area contributed by atoms with Crippen LogP contribution in [0.5, 0.6) is 0 Å². The van der Waals surface area contributed by atoms with Crippen LogP contribution in [0.25, 0.3) is 6.08 Å². The molecule has 102 valence electrons. The molecule has 4 heteroatoms. The van der Waals surface area contributed by atoms with Crippen LogP contribution in [0.1, 0.15) is 11.1 Å². The van der Waals surface area contributed by atoms with E-state index in [1.807, 2.05) is 30.5 Å². The summed E-state index contributed by atoms with van der Waals surface area (Å²) in [6.07, 6.45) is 7.93. The smallest absolute Gasteiger partial charge is 0.0312 e. The van der Waals surface area contributed by atoms with E-state index >= 15 is 0 Å². The van der Waals surface area contributed by atoms with Gasteiger partial charge in [-0.15, -0.1) is 24.8 Å². The molecule has 0 saturated carbocycles. The molecule has 0 aliphatic carbocycles. The number of nitrogens with one attached hydrogen (secondary N) is 1. The number of pyridine rings is 1. The van der Waals surface area contributed by atoms with E-state index in [1.54, 1.807) is 6.20 Å². The fourth-order valence-corrected chi connectivity index (χ4v) is 1.56. The lowest BCUT2D eigenvalue weighted by atomic mass is 10.2. The minimum atomic E-state index is 0. The highest BCUT2D eigenvalue weighted by Gasteiger charge is 1.89. The highest BCUT2D eigenvalue weighted by molar-refractivity contribution is 5.85. The SMILES string of the molecule is C(=C\c1ccccc1)/CNCc1cccnc1.Cl.Cl. The van der Waals surface area contributed by atoms with Gasteiger partial charge in [0.25, 0.3) is 0 Å². The average molecular weight is 297 g/mol. The summed E-state index contributed by atoms with van der Waals surface area (Å²) in [5.74, 6) is 0. The van der Waals surface area contributed by atoms with Gasteiger partial charge in [-0.3, -0.25) is 4.98 Å². The van der Waals surface area contributed by atoms with Crippen LogP contribution >= 0.6 is 24.8 Å². The van der Waals surface area contributed by atoms with Crippen molar-refractivity contribution in [2.24, 2.45) is 0 Å². The van der Waals surface area contributed by atoms with Crippen molar-refractivity contribution >= 4 is 30.9 Å². The van der Waals surface area contributed by atoms with E-state index in [0.717, 1.165) is 13.1 Å². The van der Waals surface area contributed by atoms with Gasteiger partial charge in [0.05, 0.1) is 0 Å². The largest absolute Gasteiger partial charge is 0.309 e. The fraction of sp³-hybridized carbons (Fsp3) is 0.133. The maximum Gasteiger partial charge on any atom is 0.0312 e. The van der Waals surface area contributed by atoms with Crippen LogP contribution in [0.2, 0.25) is 0 Å². The summed E-state index contributed by atoms with van der Waals surface area (Å²) >= 11 is 0. The van der Waals surface area contributed by atoms with Gasteiger partial charge in [-0.05, 0) is 17.2 Å². The first-order valence-electron chi connectivity index (χ1n) is 5.76. The van der Waals surface area contributed by atoms with Crippen molar-refractivity contribution in [3.8, 4) is 0 Å². The number of hydrogen-bond acceptors (Lipinski definition) is 2. The first-order valence-corrected chi connectivity index (χ1v) is 5.76. The van der Waals surface area contributed by atoms with Crippen molar-refractivity contribution in [1.29, 1.82) is 0 Å². The van der Waals surface area contributed by atoms with Gasteiger partial charge < -0.3 is 5.32 Å².